The van der Waals surface area contributed by atoms with Gasteiger partial charge in [0.05, 0.1) is 6.04 Å². The molecule has 0 aliphatic carbocycles. The van der Waals surface area contributed by atoms with Gasteiger partial charge in [-0.25, -0.2) is 4.79 Å². The smallest absolute Gasteiger partial charge is 0.316 e. The topological polar surface area (TPSA) is 45.2 Å². The number of benzene rings is 2. The molecule has 2 aromatic carbocycles. The van der Waals surface area contributed by atoms with E-state index in [0.717, 1.165) is 27.9 Å². The van der Waals surface area contributed by atoms with E-state index in [1.165, 1.54) is 0 Å². The summed E-state index contributed by atoms with van der Waals surface area (Å²) in [5, 5.41) is 3.87. The SMILES string of the molecule is CC(C)c1cccc(C(C)C)c1NC(=O)N(C)[C@@H](c1ccc(Cl)cc1)c1cccnc1. The molecule has 3 rings (SSSR count). The van der Waals surface area contributed by atoms with E-state index in [4.69, 9.17) is 11.6 Å². The van der Waals surface area contributed by atoms with E-state index in [1.54, 1.807) is 17.3 Å². The molecule has 2 amide bonds. The largest absolute Gasteiger partial charge is 0.322 e. The molecular formula is C26H30ClN3O. The van der Waals surface area contributed by atoms with Gasteiger partial charge in [-0.2, -0.15) is 0 Å². The Labute approximate surface area is 190 Å². The summed E-state index contributed by atoms with van der Waals surface area (Å²) in [7, 11) is 1.81. The van der Waals surface area contributed by atoms with Gasteiger partial charge in [-0.1, -0.05) is 75.7 Å². The number of rotatable bonds is 6. The minimum Gasteiger partial charge on any atom is -0.316 e. The van der Waals surface area contributed by atoms with Crippen molar-refractivity contribution in [1.82, 2.24) is 9.88 Å². The second-order valence-corrected chi connectivity index (χ2v) is 8.84. The van der Waals surface area contributed by atoms with E-state index in [-0.39, 0.29) is 12.1 Å². The van der Waals surface area contributed by atoms with Crippen molar-refractivity contribution in [1.29, 1.82) is 0 Å². The van der Waals surface area contributed by atoms with E-state index in [0.29, 0.717) is 16.9 Å². The molecule has 0 aliphatic heterocycles. The van der Waals surface area contributed by atoms with Crippen LogP contribution in [-0.4, -0.2) is 23.0 Å². The van der Waals surface area contributed by atoms with Gasteiger partial charge >= 0.3 is 6.03 Å². The first kappa shape index (κ1) is 22.8. The molecule has 1 atom stereocenters. The maximum absolute atomic E-state index is 13.5. The molecule has 0 radical (unpaired) electrons. The van der Waals surface area contributed by atoms with Crippen LogP contribution in [0.4, 0.5) is 10.5 Å². The molecule has 0 saturated carbocycles. The molecule has 0 unspecified atom stereocenters. The van der Waals surface area contributed by atoms with Crippen molar-refractivity contribution in [2.45, 2.75) is 45.6 Å². The Kier molecular flexibility index (Phi) is 7.34. The number of nitrogens with zero attached hydrogens (tertiary/aromatic N) is 2. The number of hydrogen-bond acceptors (Lipinski definition) is 2. The van der Waals surface area contributed by atoms with Gasteiger partial charge in [-0.15, -0.1) is 0 Å². The summed E-state index contributed by atoms with van der Waals surface area (Å²) in [5.41, 5.74) is 5.08. The van der Waals surface area contributed by atoms with Crippen LogP contribution < -0.4 is 5.32 Å². The van der Waals surface area contributed by atoms with Gasteiger partial charge in [-0.3, -0.25) is 4.98 Å². The molecule has 0 spiro atoms. The van der Waals surface area contributed by atoms with Crippen molar-refractivity contribution < 1.29 is 4.79 Å². The van der Waals surface area contributed by atoms with Gasteiger partial charge in [0.15, 0.2) is 0 Å². The van der Waals surface area contributed by atoms with E-state index in [9.17, 15) is 4.79 Å². The van der Waals surface area contributed by atoms with E-state index >= 15 is 0 Å². The molecular weight excluding hydrogens is 406 g/mol. The standard InChI is InChI=1S/C26H30ClN3O/c1-17(2)22-9-6-10-23(18(3)4)24(22)29-26(31)30(5)25(20-8-7-15-28-16-20)19-11-13-21(27)14-12-19/h6-18,25H,1-5H3,(H,29,31)/t25-/m0/s1. The lowest BCUT2D eigenvalue weighted by Gasteiger charge is -2.30. The fourth-order valence-electron chi connectivity index (χ4n) is 3.83. The van der Waals surface area contributed by atoms with E-state index in [1.807, 2.05) is 43.4 Å². The molecule has 0 bridgehead atoms. The second-order valence-electron chi connectivity index (χ2n) is 8.40. The highest BCUT2D eigenvalue weighted by atomic mass is 35.5. The number of aromatic nitrogens is 1. The average molecular weight is 436 g/mol. The zero-order valence-corrected chi connectivity index (χ0v) is 19.5. The first-order valence-corrected chi connectivity index (χ1v) is 11.0. The molecule has 0 fully saturated rings. The highest BCUT2D eigenvalue weighted by Crippen LogP contribution is 2.34. The summed E-state index contributed by atoms with van der Waals surface area (Å²) in [6, 6.07) is 17.2. The summed E-state index contributed by atoms with van der Waals surface area (Å²) < 4.78 is 0. The molecule has 31 heavy (non-hydrogen) atoms. The highest BCUT2D eigenvalue weighted by Gasteiger charge is 2.25. The van der Waals surface area contributed by atoms with Crippen LogP contribution in [0.5, 0.6) is 0 Å². The number of amides is 2. The van der Waals surface area contributed by atoms with Crippen LogP contribution in [0.1, 0.15) is 67.8 Å². The monoisotopic (exact) mass is 435 g/mol. The number of nitrogens with one attached hydrogen (secondary N) is 1. The van der Waals surface area contributed by atoms with Crippen LogP contribution in [0.3, 0.4) is 0 Å². The molecule has 5 heteroatoms. The summed E-state index contributed by atoms with van der Waals surface area (Å²) in [4.78, 5) is 19.5. The van der Waals surface area contributed by atoms with Crippen molar-refractivity contribution in [3.63, 3.8) is 0 Å². The summed E-state index contributed by atoms with van der Waals surface area (Å²) in [5.74, 6) is 0.592. The van der Waals surface area contributed by atoms with Crippen LogP contribution in [0.25, 0.3) is 0 Å². The zero-order valence-electron chi connectivity index (χ0n) is 18.8. The third-order valence-corrected chi connectivity index (χ3v) is 5.75. The van der Waals surface area contributed by atoms with Gasteiger partial charge in [0.1, 0.15) is 0 Å². The van der Waals surface area contributed by atoms with Gasteiger partial charge in [0, 0.05) is 30.2 Å². The maximum Gasteiger partial charge on any atom is 0.322 e. The van der Waals surface area contributed by atoms with Gasteiger partial charge in [0.25, 0.3) is 0 Å². The van der Waals surface area contributed by atoms with Crippen molar-refractivity contribution in [2.24, 2.45) is 0 Å². The van der Waals surface area contributed by atoms with Crippen LogP contribution >= 0.6 is 11.6 Å². The Morgan fingerprint density at radius 2 is 1.52 bits per heavy atom. The van der Waals surface area contributed by atoms with Gasteiger partial charge in [-0.05, 0) is 52.3 Å². The lowest BCUT2D eigenvalue weighted by Crippen LogP contribution is -2.36. The number of carbonyl (C=O) groups excluding carboxylic acids is 1. The number of hydrogen-bond donors (Lipinski definition) is 1. The highest BCUT2D eigenvalue weighted by molar-refractivity contribution is 6.30. The quantitative estimate of drug-likeness (QED) is 0.443. The maximum atomic E-state index is 13.5. The normalized spacial score (nSPS) is 12.1. The van der Waals surface area contributed by atoms with E-state index < -0.39 is 0 Å². The molecule has 0 aliphatic rings. The third-order valence-electron chi connectivity index (χ3n) is 5.50. The molecule has 162 valence electrons. The lowest BCUT2D eigenvalue weighted by atomic mass is 9.92. The van der Waals surface area contributed by atoms with Crippen molar-refractivity contribution >= 4 is 23.3 Å². The predicted octanol–water partition coefficient (Wildman–Crippen LogP) is 7.24. The number of urea groups is 1. The van der Waals surface area contributed by atoms with Crippen molar-refractivity contribution in [3.8, 4) is 0 Å². The minimum absolute atomic E-state index is 0.168. The Balaban J connectivity index is 1.99. The number of para-hydroxylation sites is 1. The predicted molar refractivity (Wildman–Crippen MR) is 129 cm³/mol. The summed E-state index contributed by atoms with van der Waals surface area (Å²) >= 11 is 6.10. The zero-order chi connectivity index (χ0) is 22.5. The minimum atomic E-state index is -0.292. The molecule has 3 aromatic rings. The van der Waals surface area contributed by atoms with Gasteiger partial charge in [0.2, 0.25) is 0 Å². The first-order valence-electron chi connectivity index (χ1n) is 10.6. The Hall–Kier alpha value is -2.85. The number of halogens is 1. The number of anilines is 1. The third kappa shape index (κ3) is 5.26. The molecule has 1 heterocycles. The van der Waals surface area contributed by atoms with Crippen molar-refractivity contribution in [2.75, 3.05) is 12.4 Å². The first-order chi connectivity index (χ1) is 14.8. The number of pyridine rings is 1. The Morgan fingerprint density at radius 1 is 0.903 bits per heavy atom. The van der Waals surface area contributed by atoms with E-state index in [2.05, 4.69) is 56.2 Å². The number of carbonyl (C=O) groups is 1. The lowest BCUT2D eigenvalue weighted by molar-refractivity contribution is 0.212. The van der Waals surface area contributed by atoms with Crippen molar-refractivity contribution in [3.05, 3.63) is 94.3 Å². The van der Waals surface area contributed by atoms with Gasteiger partial charge < -0.3 is 10.2 Å². The van der Waals surface area contributed by atoms with Crippen LogP contribution in [0.15, 0.2) is 67.0 Å². The average Bonchev–Trinajstić information content (AvgIpc) is 2.75. The second kappa shape index (κ2) is 9.97. The molecule has 0 saturated heterocycles. The molecule has 4 nitrogen and oxygen atoms in total. The molecule has 1 N–H and O–H groups in total. The molecule has 1 aromatic heterocycles. The van der Waals surface area contributed by atoms with Crippen LogP contribution in [0.2, 0.25) is 5.02 Å². The fourth-order valence-corrected chi connectivity index (χ4v) is 3.96. The Bertz CT molecular complexity index is 990. The van der Waals surface area contributed by atoms with Crippen LogP contribution in [0, 0.1) is 0 Å². The summed E-state index contributed by atoms with van der Waals surface area (Å²) in [6.45, 7) is 8.58. The summed E-state index contributed by atoms with van der Waals surface area (Å²) in [6.07, 6.45) is 3.53. The van der Waals surface area contributed by atoms with Crippen LogP contribution in [-0.2, 0) is 0 Å². The Morgan fingerprint density at radius 3 is 2.03 bits per heavy atom. The fraction of sp³-hybridized carbons (Fsp3) is 0.308.